The minimum absolute atomic E-state index is 0.220. The number of rotatable bonds is 8. The van der Waals surface area contributed by atoms with Gasteiger partial charge >= 0.3 is 0 Å². The lowest BCUT2D eigenvalue weighted by Crippen LogP contribution is -2.35. The maximum Gasteiger partial charge on any atom is 0.140 e. The molecule has 0 spiro atoms. The molecule has 1 rings (SSSR count). The van der Waals surface area contributed by atoms with E-state index in [9.17, 15) is 0 Å². The number of aromatic nitrogens is 3. The van der Waals surface area contributed by atoms with Gasteiger partial charge in [-0.25, -0.2) is 9.67 Å². The first kappa shape index (κ1) is 14.1. The van der Waals surface area contributed by atoms with E-state index in [4.69, 9.17) is 5.11 Å². The smallest absolute Gasteiger partial charge is 0.140 e. The van der Waals surface area contributed by atoms with Gasteiger partial charge in [0.05, 0.1) is 6.54 Å². The van der Waals surface area contributed by atoms with Crippen LogP contribution in [0.5, 0.6) is 0 Å². The van der Waals surface area contributed by atoms with Crippen LogP contribution >= 0.6 is 0 Å². The topological polar surface area (TPSA) is 63.0 Å². The lowest BCUT2D eigenvalue weighted by atomic mass is 10.0. The Balaban J connectivity index is 2.49. The Morgan fingerprint density at radius 3 is 2.82 bits per heavy atom. The van der Waals surface area contributed by atoms with Crippen LogP contribution in [0.4, 0.5) is 0 Å². The Labute approximate surface area is 103 Å². The Hall–Kier alpha value is -0.940. The van der Waals surface area contributed by atoms with Crippen molar-refractivity contribution in [3.05, 3.63) is 12.2 Å². The average molecular weight is 240 g/mol. The lowest BCUT2D eigenvalue weighted by molar-refractivity contribution is 0.242. The Kier molecular flexibility index (Phi) is 6.15. The summed E-state index contributed by atoms with van der Waals surface area (Å²) in [5.41, 5.74) is 0. The van der Waals surface area contributed by atoms with Gasteiger partial charge in [0, 0.05) is 19.2 Å². The van der Waals surface area contributed by atoms with Crippen molar-refractivity contribution in [2.24, 2.45) is 5.92 Å². The van der Waals surface area contributed by atoms with Crippen LogP contribution in [0.3, 0.4) is 0 Å². The largest absolute Gasteiger partial charge is 0.396 e. The van der Waals surface area contributed by atoms with Gasteiger partial charge < -0.3 is 10.4 Å². The zero-order chi connectivity index (χ0) is 12.7. The third kappa shape index (κ3) is 4.44. The Bertz CT molecular complexity index is 311. The van der Waals surface area contributed by atoms with Gasteiger partial charge in [-0.1, -0.05) is 20.8 Å². The first-order chi connectivity index (χ1) is 8.19. The van der Waals surface area contributed by atoms with E-state index in [2.05, 4.69) is 36.2 Å². The molecule has 0 saturated carbocycles. The molecule has 0 aromatic carbocycles. The minimum atomic E-state index is 0.220. The van der Waals surface area contributed by atoms with Crippen molar-refractivity contribution in [2.45, 2.75) is 52.7 Å². The first-order valence-corrected chi connectivity index (χ1v) is 6.40. The molecule has 0 aliphatic rings. The molecule has 1 aromatic heterocycles. The van der Waals surface area contributed by atoms with E-state index in [-0.39, 0.29) is 6.61 Å². The van der Waals surface area contributed by atoms with Crippen molar-refractivity contribution in [3.63, 3.8) is 0 Å². The maximum atomic E-state index is 9.01. The first-order valence-electron chi connectivity index (χ1n) is 6.40. The summed E-state index contributed by atoms with van der Waals surface area (Å²) in [6, 6.07) is 0.326. The second-order valence-electron chi connectivity index (χ2n) is 4.64. The highest BCUT2D eigenvalue weighted by molar-refractivity contribution is 4.85. The zero-order valence-corrected chi connectivity index (χ0v) is 11.1. The van der Waals surface area contributed by atoms with Gasteiger partial charge in [-0.15, -0.1) is 0 Å². The van der Waals surface area contributed by atoms with Crippen molar-refractivity contribution < 1.29 is 5.11 Å². The van der Waals surface area contributed by atoms with Crippen LogP contribution in [0.1, 0.15) is 39.4 Å². The molecule has 0 amide bonds. The number of hydrogen-bond donors (Lipinski definition) is 2. The van der Waals surface area contributed by atoms with Crippen LogP contribution < -0.4 is 5.32 Å². The minimum Gasteiger partial charge on any atom is -0.396 e. The molecular weight excluding hydrogens is 216 g/mol. The number of aryl methyl sites for hydroxylation is 1. The van der Waals surface area contributed by atoms with E-state index in [1.54, 1.807) is 6.33 Å². The summed E-state index contributed by atoms with van der Waals surface area (Å²) in [6.45, 7) is 8.28. The van der Waals surface area contributed by atoms with Crippen LogP contribution in [0.2, 0.25) is 0 Å². The van der Waals surface area contributed by atoms with E-state index in [1.165, 1.54) is 0 Å². The van der Waals surface area contributed by atoms with Crippen LogP contribution in [0.15, 0.2) is 6.33 Å². The molecule has 5 heteroatoms. The molecule has 0 aliphatic heterocycles. The molecule has 1 atom stereocenters. The van der Waals surface area contributed by atoms with E-state index in [0.717, 1.165) is 25.2 Å². The third-order valence-corrected chi connectivity index (χ3v) is 2.90. The second kappa shape index (κ2) is 7.40. The Morgan fingerprint density at radius 2 is 2.24 bits per heavy atom. The fourth-order valence-corrected chi connectivity index (χ4v) is 1.86. The molecule has 0 bridgehead atoms. The summed E-state index contributed by atoms with van der Waals surface area (Å²) >= 11 is 0. The molecule has 5 nitrogen and oxygen atoms in total. The molecular formula is C12H24N4O. The molecule has 0 fully saturated rings. The lowest BCUT2D eigenvalue weighted by Gasteiger charge is -2.21. The van der Waals surface area contributed by atoms with Crippen molar-refractivity contribution in [1.82, 2.24) is 20.1 Å². The molecule has 1 aromatic rings. The molecule has 1 unspecified atom stereocenters. The van der Waals surface area contributed by atoms with Crippen molar-refractivity contribution in [1.29, 1.82) is 0 Å². The number of aliphatic hydroxyl groups excluding tert-OH is 1. The molecule has 2 N–H and O–H groups in total. The van der Waals surface area contributed by atoms with Gasteiger partial charge in [0.1, 0.15) is 12.2 Å². The molecule has 0 aliphatic carbocycles. The third-order valence-electron chi connectivity index (χ3n) is 2.90. The van der Waals surface area contributed by atoms with Crippen LogP contribution in [0, 0.1) is 5.92 Å². The predicted octanol–water partition coefficient (Wildman–Crippen LogP) is 1.18. The normalized spacial score (nSPS) is 13.2. The van der Waals surface area contributed by atoms with E-state index < -0.39 is 0 Å². The van der Waals surface area contributed by atoms with Gasteiger partial charge in [0.15, 0.2) is 0 Å². The summed E-state index contributed by atoms with van der Waals surface area (Å²) in [6.07, 6.45) is 3.43. The van der Waals surface area contributed by atoms with Gasteiger partial charge in [-0.3, -0.25) is 0 Å². The number of hydrogen-bond acceptors (Lipinski definition) is 4. The predicted molar refractivity (Wildman–Crippen MR) is 67.5 cm³/mol. The highest BCUT2D eigenvalue weighted by Gasteiger charge is 2.13. The van der Waals surface area contributed by atoms with Gasteiger partial charge in [0.2, 0.25) is 0 Å². The van der Waals surface area contributed by atoms with Crippen LogP contribution in [-0.4, -0.2) is 32.5 Å². The molecule has 98 valence electrons. The summed E-state index contributed by atoms with van der Waals surface area (Å²) in [7, 11) is 0. The van der Waals surface area contributed by atoms with E-state index in [1.807, 2.05) is 4.68 Å². The molecule has 17 heavy (non-hydrogen) atoms. The summed E-state index contributed by atoms with van der Waals surface area (Å²) in [4.78, 5) is 4.25. The van der Waals surface area contributed by atoms with Gasteiger partial charge in [0.25, 0.3) is 0 Å². The fourth-order valence-electron chi connectivity index (χ4n) is 1.86. The molecule has 0 saturated heterocycles. The van der Waals surface area contributed by atoms with Gasteiger partial charge in [-0.2, -0.15) is 5.10 Å². The molecule has 0 radical (unpaired) electrons. The zero-order valence-electron chi connectivity index (χ0n) is 11.1. The SMILES string of the molecule is CCCn1ncnc1CNC(CCO)C(C)C. The summed E-state index contributed by atoms with van der Waals surface area (Å²) in [5, 5.41) is 16.6. The average Bonchev–Trinajstić information content (AvgIpc) is 2.72. The summed E-state index contributed by atoms with van der Waals surface area (Å²) < 4.78 is 1.93. The quantitative estimate of drug-likeness (QED) is 0.716. The van der Waals surface area contributed by atoms with Crippen molar-refractivity contribution in [3.8, 4) is 0 Å². The van der Waals surface area contributed by atoms with Crippen LogP contribution in [-0.2, 0) is 13.1 Å². The van der Waals surface area contributed by atoms with E-state index >= 15 is 0 Å². The van der Waals surface area contributed by atoms with Gasteiger partial charge in [-0.05, 0) is 18.8 Å². The highest BCUT2D eigenvalue weighted by Crippen LogP contribution is 2.06. The van der Waals surface area contributed by atoms with Crippen molar-refractivity contribution in [2.75, 3.05) is 6.61 Å². The van der Waals surface area contributed by atoms with Crippen LogP contribution in [0.25, 0.3) is 0 Å². The highest BCUT2D eigenvalue weighted by atomic mass is 16.3. The fraction of sp³-hybridized carbons (Fsp3) is 0.833. The Morgan fingerprint density at radius 1 is 1.47 bits per heavy atom. The second-order valence-corrected chi connectivity index (χ2v) is 4.64. The molecule has 1 heterocycles. The standard InChI is InChI=1S/C12H24N4O/c1-4-6-16-12(14-9-15-16)8-13-11(5-7-17)10(2)3/h9-11,13,17H,4-8H2,1-3H3. The monoisotopic (exact) mass is 240 g/mol. The number of nitrogens with one attached hydrogen (secondary N) is 1. The number of nitrogens with zero attached hydrogens (tertiary/aromatic N) is 3. The number of aliphatic hydroxyl groups is 1. The van der Waals surface area contributed by atoms with Crippen molar-refractivity contribution >= 4 is 0 Å². The van der Waals surface area contributed by atoms with E-state index in [0.29, 0.717) is 18.5 Å². The summed E-state index contributed by atoms with van der Waals surface area (Å²) in [5.74, 6) is 1.47. The maximum absolute atomic E-state index is 9.01.